The summed E-state index contributed by atoms with van der Waals surface area (Å²) in [6, 6.07) is 2.36. The Bertz CT molecular complexity index is 412. The van der Waals surface area contributed by atoms with Crippen LogP contribution in [0.25, 0.3) is 0 Å². The highest BCUT2D eigenvalue weighted by atomic mass is 79.9. The monoisotopic (exact) mass is 288 g/mol. The number of terminal acetylenes is 1. The molecular weight excluding hydrogens is 278 g/mol. The van der Waals surface area contributed by atoms with Gasteiger partial charge in [0.1, 0.15) is 0 Å². The smallest absolute Gasteiger partial charge is 0.173 e. The van der Waals surface area contributed by atoms with E-state index in [0.717, 1.165) is 6.07 Å². The molecule has 0 bridgehead atoms. The van der Waals surface area contributed by atoms with E-state index < -0.39 is 17.7 Å². The second-order valence-electron chi connectivity index (χ2n) is 3.38. The van der Waals surface area contributed by atoms with E-state index in [9.17, 15) is 13.9 Å². The van der Waals surface area contributed by atoms with Crippen molar-refractivity contribution in [3.63, 3.8) is 0 Å². The van der Waals surface area contributed by atoms with Crippen molar-refractivity contribution >= 4 is 15.9 Å². The lowest BCUT2D eigenvalue weighted by atomic mass is 10.0. The summed E-state index contributed by atoms with van der Waals surface area (Å²) < 4.78 is 26.0. The van der Waals surface area contributed by atoms with Crippen LogP contribution in [0.5, 0.6) is 0 Å². The van der Waals surface area contributed by atoms with Gasteiger partial charge in [-0.05, 0) is 40.4 Å². The maximum absolute atomic E-state index is 13.2. The van der Waals surface area contributed by atoms with Gasteiger partial charge in [-0.1, -0.05) is 6.07 Å². The number of unbranched alkanes of at least 4 members (excludes halogenated alkanes) is 1. The van der Waals surface area contributed by atoms with Crippen LogP contribution in [0.1, 0.15) is 30.9 Å². The van der Waals surface area contributed by atoms with Gasteiger partial charge in [-0.3, -0.25) is 0 Å². The summed E-state index contributed by atoms with van der Waals surface area (Å²) in [5, 5.41) is 9.76. The van der Waals surface area contributed by atoms with Crippen LogP contribution in [-0.2, 0) is 0 Å². The van der Waals surface area contributed by atoms with Crippen molar-refractivity contribution in [3.8, 4) is 12.3 Å². The fraction of sp³-hybridized carbons (Fsp3) is 0.333. The lowest BCUT2D eigenvalue weighted by Gasteiger charge is -2.12. The van der Waals surface area contributed by atoms with Crippen molar-refractivity contribution in [2.45, 2.75) is 25.4 Å². The van der Waals surface area contributed by atoms with E-state index in [4.69, 9.17) is 6.42 Å². The molecule has 0 aliphatic rings. The number of aliphatic hydroxyl groups excluding tert-OH is 1. The van der Waals surface area contributed by atoms with Crippen molar-refractivity contribution in [3.05, 3.63) is 33.8 Å². The van der Waals surface area contributed by atoms with E-state index in [-0.39, 0.29) is 4.47 Å². The summed E-state index contributed by atoms with van der Waals surface area (Å²) in [5.41, 5.74) is 0.343. The van der Waals surface area contributed by atoms with Gasteiger partial charge in [-0.15, -0.1) is 12.3 Å². The summed E-state index contributed by atoms with van der Waals surface area (Å²) in [5.74, 6) is 0.536. The van der Waals surface area contributed by atoms with Gasteiger partial charge in [-0.2, -0.15) is 0 Å². The van der Waals surface area contributed by atoms with Crippen LogP contribution in [0.15, 0.2) is 16.6 Å². The average molecular weight is 289 g/mol. The number of hydrogen-bond donors (Lipinski definition) is 1. The Hall–Kier alpha value is -0.920. The molecule has 0 fully saturated rings. The molecule has 0 aromatic heterocycles. The largest absolute Gasteiger partial charge is 0.388 e. The molecule has 0 radical (unpaired) electrons. The molecule has 4 heteroatoms. The third kappa shape index (κ3) is 3.03. The first-order valence-corrected chi connectivity index (χ1v) is 5.62. The van der Waals surface area contributed by atoms with E-state index in [2.05, 4.69) is 21.9 Å². The van der Waals surface area contributed by atoms with E-state index in [0.29, 0.717) is 24.8 Å². The average Bonchev–Trinajstić information content (AvgIpc) is 2.26. The van der Waals surface area contributed by atoms with Crippen LogP contribution >= 0.6 is 15.9 Å². The number of rotatable bonds is 4. The third-order valence-electron chi connectivity index (χ3n) is 2.22. The Labute approximate surface area is 102 Å². The molecule has 86 valence electrons. The summed E-state index contributed by atoms with van der Waals surface area (Å²) in [4.78, 5) is 0. The van der Waals surface area contributed by atoms with E-state index >= 15 is 0 Å². The zero-order chi connectivity index (χ0) is 12.1. The Morgan fingerprint density at radius 3 is 2.75 bits per heavy atom. The first kappa shape index (κ1) is 13.1. The SMILES string of the molecule is C#CCCCC(O)c1ccc(F)c(F)c1Br. The van der Waals surface area contributed by atoms with Crippen LogP contribution < -0.4 is 0 Å². The molecular formula is C12H11BrF2O. The molecule has 0 amide bonds. The van der Waals surface area contributed by atoms with Crippen LogP contribution in [-0.4, -0.2) is 5.11 Å². The summed E-state index contributed by atoms with van der Waals surface area (Å²) in [7, 11) is 0. The van der Waals surface area contributed by atoms with Crippen molar-refractivity contribution in [2.24, 2.45) is 0 Å². The minimum Gasteiger partial charge on any atom is -0.388 e. The van der Waals surface area contributed by atoms with Crippen LogP contribution in [0, 0.1) is 24.0 Å². The van der Waals surface area contributed by atoms with Gasteiger partial charge >= 0.3 is 0 Å². The van der Waals surface area contributed by atoms with Crippen LogP contribution in [0.3, 0.4) is 0 Å². The predicted octanol–water partition coefficient (Wildman–Crippen LogP) is 3.56. The molecule has 0 spiro atoms. The molecule has 1 nitrogen and oxygen atoms in total. The zero-order valence-electron chi connectivity index (χ0n) is 8.51. The third-order valence-corrected chi connectivity index (χ3v) is 3.03. The van der Waals surface area contributed by atoms with Gasteiger partial charge in [-0.25, -0.2) is 8.78 Å². The van der Waals surface area contributed by atoms with Crippen molar-refractivity contribution < 1.29 is 13.9 Å². The van der Waals surface area contributed by atoms with Gasteiger partial charge in [0.25, 0.3) is 0 Å². The molecule has 0 heterocycles. The Kier molecular flexibility index (Phi) is 4.91. The molecule has 1 unspecified atom stereocenters. The standard InChI is InChI=1S/C12H11BrF2O/c1-2-3-4-5-10(16)8-6-7-9(14)12(15)11(8)13/h1,6-7,10,16H,3-5H2. The van der Waals surface area contributed by atoms with Gasteiger partial charge < -0.3 is 5.11 Å². The van der Waals surface area contributed by atoms with Gasteiger partial charge in [0.2, 0.25) is 0 Å². The van der Waals surface area contributed by atoms with Crippen molar-refractivity contribution in [1.82, 2.24) is 0 Å². The number of hydrogen-bond acceptors (Lipinski definition) is 1. The normalized spacial score (nSPS) is 12.2. The molecule has 16 heavy (non-hydrogen) atoms. The second-order valence-corrected chi connectivity index (χ2v) is 4.17. The quantitative estimate of drug-likeness (QED) is 0.510. The Morgan fingerprint density at radius 1 is 1.44 bits per heavy atom. The molecule has 1 rings (SSSR count). The highest BCUT2D eigenvalue weighted by molar-refractivity contribution is 9.10. The molecule has 0 saturated heterocycles. The number of aliphatic hydroxyl groups is 1. The highest BCUT2D eigenvalue weighted by Gasteiger charge is 2.16. The first-order valence-electron chi connectivity index (χ1n) is 4.82. The highest BCUT2D eigenvalue weighted by Crippen LogP contribution is 2.30. The maximum atomic E-state index is 13.2. The van der Waals surface area contributed by atoms with E-state index in [1.807, 2.05) is 0 Å². The van der Waals surface area contributed by atoms with Gasteiger partial charge in [0, 0.05) is 6.42 Å². The van der Waals surface area contributed by atoms with E-state index in [1.165, 1.54) is 6.07 Å². The minimum atomic E-state index is -0.978. The summed E-state index contributed by atoms with van der Waals surface area (Å²) in [6.07, 6.45) is 5.86. The Balaban J connectivity index is 2.80. The second kappa shape index (κ2) is 5.97. The zero-order valence-corrected chi connectivity index (χ0v) is 10.1. The summed E-state index contributed by atoms with van der Waals surface area (Å²) >= 11 is 2.93. The molecule has 0 saturated carbocycles. The van der Waals surface area contributed by atoms with Crippen LogP contribution in [0.2, 0.25) is 0 Å². The molecule has 1 N–H and O–H groups in total. The fourth-order valence-electron chi connectivity index (χ4n) is 1.35. The topological polar surface area (TPSA) is 20.2 Å². The van der Waals surface area contributed by atoms with Crippen LogP contribution in [0.4, 0.5) is 8.78 Å². The fourth-order valence-corrected chi connectivity index (χ4v) is 1.94. The molecule has 1 atom stereocenters. The number of benzene rings is 1. The molecule has 1 aromatic rings. The van der Waals surface area contributed by atoms with Gasteiger partial charge in [0.15, 0.2) is 11.6 Å². The lowest BCUT2D eigenvalue weighted by Crippen LogP contribution is -2.01. The lowest BCUT2D eigenvalue weighted by molar-refractivity contribution is 0.163. The Morgan fingerprint density at radius 2 is 2.12 bits per heavy atom. The van der Waals surface area contributed by atoms with Gasteiger partial charge in [0.05, 0.1) is 10.6 Å². The molecule has 1 aromatic carbocycles. The van der Waals surface area contributed by atoms with E-state index in [1.54, 1.807) is 0 Å². The number of halogens is 3. The summed E-state index contributed by atoms with van der Waals surface area (Å²) in [6.45, 7) is 0. The molecule has 0 aliphatic heterocycles. The maximum Gasteiger partial charge on any atom is 0.173 e. The van der Waals surface area contributed by atoms with Crippen molar-refractivity contribution in [1.29, 1.82) is 0 Å². The van der Waals surface area contributed by atoms with Crippen molar-refractivity contribution in [2.75, 3.05) is 0 Å². The predicted molar refractivity (Wildman–Crippen MR) is 61.7 cm³/mol. The minimum absolute atomic E-state index is 0.0271. The first-order chi connectivity index (χ1) is 7.57. The molecule has 0 aliphatic carbocycles.